The van der Waals surface area contributed by atoms with Crippen molar-refractivity contribution in [2.24, 2.45) is 0 Å². The van der Waals surface area contributed by atoms with Crippen LogP contribution in [0.25, 0.3) is 5.65 Å². The average Bonchev–Trinajstić information content (AvgIpc) is 2.96. The van der Waals surface area contributed by atoms with Gasteiger partial charge in [0, 0.05) is 23.9 Å². The van der Waals surface area contributed by atoms with Crippen LogP contribution in [0.2, 0.25) is 0 Å². The minimum Gasteiger partial charge on any atom is -0.497 e. The predicted molar refractivity (Wildman–Crippen MR) is 103 cm³/mol. The molecule has 0 aliphatic rings. The number of aryl methyl sites for hydroxylation is 3. The zero-order valence-corrected chi connectivity index (χ0v) is 15.8. The van der Waals surface area contributed by atoms with Crippen molar-refractivity contribution in [1.29, 1.82) is 0 Å². The lowest BCUT2D eigenvalue weighted by Gasteiger charge is -2.21. The summed E-state index contributed by atoms with van der Waals surface area (Å²) in [4.78, 5) is 4.72. The third-order valence-electron chi connectivity index (χ3n) is 4.73. The van der Waals surface area contributed by atoms with E-state index >= 15 is 0 Å². The number of hydrogen-bond donors (Lipinski definition) is 2. The first-order valence-corrected chi connectivity index (χ1v) is 8.94. The molecule has 3 rings (SSSR count). The van der Waals surface area contributed by atoms with Gasteiger partial charge in [-0.15, -0.1) is 0 Å². The van der Waals surface area contributed by atoms with E-state index in [0.29, 0.717) is 6.42 Å². The zero-order chi connectivity index (χ0) is 18.7. The molecule has 0 saturated heterocycles. The van der Waals surface area contributed by atoms with Gasteiger partial charge in [-0.25, -0.2) is 4.98 Å². The number of rotatable bonds is 7. The summed E-state index contributed by atoms with van der Waals surface area (Å²) in [6.45, 7) is 6.22. The van der Waals surface area contributed by atoms with Crippen LogP contribution in [0, 0.1) is 13.8 Å². The second kappa shape index (κ2) is 7.74. The van der Waals surface area contributed by atoms with Crippen LogP contribution in [-0.4, -0.2) is 33.4 Å². The van der Waals surface area contributed by atoms with E-state index in [0.717, 1.165) is 46.2 Å². The van der Waals surface area contributed by atoms with Crippen molar-refractivity contribution in [3.8, 4) is 5.75 Å². The number of aromatic nitrogens is 3. The van der Waals surface area contributed by atoms with Crippen LogP contribution >= 0.6 is 0 Å². The molecule has 2 N–H and O–H groups in total. The Kier molecular flexibility index (Phi) is 5.42. The van der Waals surface area contributed by atoms with Gasteiger partial charge in [0.25, 0.3) is 0 Å². The number of benzene rings is 1. The van der Waals surface area contributed by atoms with E-state index in [2.05, 4.69) is 17.3 Å². The molecule has 0 fully saturated rings. The van der Waals surface area contributed by atoms with E-state index < -0.39 is 0 Å². The van der Waals surface area contributed by atoms with Crippen molar-refractivity contribution in [2.45, 2.75) is 39.7 Å². The summed E-state index contributed by atoms with van der Waals surface area (Å²) in [5.41, 5.74) is 5.04. The number of aliphatic hydroxyl groups is 1. The second-order valence-corrected chi connectivity index (χ2v) is 6.41. The summed E-state index contributed by atoms with van der Waals surface area (Å²) in [6, 6.07) is 9.90. The van der Waals surface area contributed by atoms with Crippen molar-refractivity contribution in [3.63, 3.8) is 0 Å². The molecule has 0 spiro atoms. The Hall–Kier alpha value is -2.60. The summed E-state index contributed by atoms with van der Waals surface area (Å²) in [6.07, 6.45) is 1.44. The average molecular weight is 354 g/mol. The highest BCUT2D eigenvalue weighted by Gasteiger charge is 2.16. The van der Waals surface area contributed by atoms with Gasteiger partial charge in [-0.3, -0.25) is 0 Å². The summed E-state index contributed by atoms with van der Waals surface area (Å²) in [7, 11) is 1.65. The van der Waals surface area contributed by atoms with Crippen LogP contribution < -0.4 is 10.1 Å². The predicted octanol–water partition coefficient (Wildman–Crippen LogP) is 3.45. The molecular formula is C20H26N4O2. The molecule has 0 aliphatic heterocycles. The first-order valence-electron chi connectivity index (χ1n) is 8.94. The summed E-state index contributed by atoms with van der Waals surface area (Å²) < 4.78 is 7.10. The lowest BCUT2D eigenvalue weighted by Crippen LogP contribution is -2.16. The van der Waals surface area contributed by atoms with E-state index in [-0.39, 0.29) is 12.6 Å². The maximum absolute atomic E-state index is 9.54. The molecule has 138 valence electrons. The smallest absolute Gasteiger partial charge is 0.160 e. The third kappa shape index (κ3) is 3.51. The topological polar surface area (TPSA) is 71.7 Å². The van der Waals surface area contributed by atoms with Gasteiger partial charge in [0.15, 0.2) is 5.65 Å². The van der Waals surface area contributed by atoms with Crippen molar-refractivity contribution in [1.82, 2.24) is 14.6 Å². The largest absolute Gasteiger partial charge is 0.497 e. The lowest BCUT2D eigenvalue weighted by molar-refractivity contribution is 0.280. The van der Waals surface area contributed by atoms with Crippen molar-refractivity contribution >= 4 is 11.5 Å². The van der Waals surface area contributed by atoms with Gasteiger partial charge in [0.2, 0.25) is 0 Å². The highest BCUT2D eigenvalue weighted by molar-refractivity contribution is 5.56. The molecule has 2 aromatic heterocycles. The van der Waals surface area contributed by atoms with Gasteiger partial charge < -0.3 is 15.2 Å². The monoisotopic (exact) mass is 354 g/mol. The van der Waals surface area contributed by atoms with Crippen molar-refractivity contribution in [3.05, 3.63) is 52.8 Å². The fraction of sp³-hybridized carbons (Fsp3) is 0.400. The number of hydrogen-bond acceptors (Lipinski definition) is 5. The molecule has 0 unspecified atom stereocenters. The highest BCUT2D eigenvalue weighted by Crippen LogP contribution is 2.26. The Morgan fingerprint density at radius 2 is 1.96 bits per heavy atom. The lowest BCUT2D eigenvalue weighted by atomic mass is 10.0. The number of fused-ring (bicyclic) bond motifs is 1. The zero-order valence-electron chi connectivity index (χ0n) is 15.8. The van der Waals surface area contributed by atoms with Gasteiger partial charge in [0.1, 0.15) is 11.6 Å². The Labute approximate surface area is 153 Å². The maximum Gasteiger partial charge on any atom is 0.160 e. The molecule has 0 bridgehead atoms. The number of ether oxygens (including phenoxy) is 1. The first kappa shape index (κ1) is 18.2. The SMILES string of the molecule is CCc1cc(N[C@@H](CCO)c2ccc(OC)cc2)n2nc(C)c(C)c2n1. The number of nitrogens with one attached hydrogen (secondary N) is 1. The molecule has 0 saturated carbocycles. The standard InChI is InChI=1S/C20H26N4O2/c1-5-16-12-19(24-20(21-16)13(2)14(3)23-24)22-18(10-11-25)15-6-8-17(26-4)9-7-15/h6-9,12,18,22,25H,5,10-11H2,1-4H3/t18-/m0/s1. The van der Waals surface area contributed by atoms with Crippen LogP contribution in [-0.2, 0) is 6.42 Å². The Morgan fingerprint density at radius 1 is 1.23 bits per heavy atom. The fourth-order valence-corrected chi connectivity index (χ4v) is 3.03. The van der Waals surface area contributed by atoms with Crippen LogP contribution in [0.4, 0.5) is 5.82 Å². The maximum atomic E-state index is 9.54. The fourth-order valence-electron chi connectivity index (χ4n) is 3.03. The highest BCUT2D eigenvalue weighted by atomic mass is 16.5. The molecule has 6 heteroatoms. The van der Waals surface area contributed by atoms with Gasteiger partial charge in [-0.1, -0.05) is 19.1 Å². The molecule has 2 heterocycles. The van der Waals surface area contributed by atoms with Gasteiger partial charge in [-0.05, 0) is 44.4 Å². The number of anilines is 1. The van der Waals surface area contributed by atoms with Gasteiger partial charge in [0.05, 0.1) is 18.8 Å². The Morgan fingerprint density at radius 3 is 2.58 bits per heavy atom. The second-order valence-electron chi connectivity index (χ2n) is 6.41. The van der Waals surface area contributed by atoms with Crippen LogP contribution in [0.15, 0.2) is 30.3 Å². The molecule has 3 aromatic rings. The molecule has 6 nitrogen and oxygen atoms in total. The Bertz CT molecular complexity index is 887. The summed E-state index contributed by atoms with van der Waals surface area (Å²) in [5, 5.41) is 17.7. The third-order valence-corrected chi connectivity index (χ3v) is 4.73. The molecule has 1 atom stereocenters. The van der Waals surface area contributed by atoms with Gasteiger partial charge >= 0.3 is 0 Å². The van der Waals surface area contributed by atoms with Gasteiger partial charge in [-0.2, -0.15) is 9.61 Å². The number of aliphatic hydroxyl groups excluding tert-OH is 1. The molecule has 26 heavy (non-hydrogen) atoms. The quantitative estimate of drug-likeness (QED) is 0.680. The molecular weight excluding hydrogens is 328 g/mol. The van der Waals surface area contributed by atoms with Crippen LogP contribution in [0.5, 0.6) is 5.75 Å². The number of methoxy groups -OCH3 is 1. The molecule has 0 radical (unpaired) electrons. The van der Waals surface area contributed by atoms with Crippen LogP contribution in [0.1, 0.15) is 41.9 Å². The van der Waals surface area contributed by atoms with E-state index in [1.54, 1.807) is 7.11 Å². The number of nitrogens with zero attached hydrogens (tertiary/aromatic N) is 3. The van der Waals surface area contributed by atoms with E-state index in [9.17, 15) is 5.11 Å². The normalized spacial score (nSPS) is 12.3. The van der Waals surface area contributed by atoms with Crippen LogP contribution in [0.3, 0.4) is 0 Å². The van der Waals surface area contributed by atoms with E-state index in [1.807, 2.05) is 48.7 Å². The molecule has 0 amide bonds. The van der Waals surface area contributed by atoms with Crippen molar-refractivity contribution < 1.29 is 9.84 Å². The molecule has 0 aliphatic carbocycles. The minimum atomic E-state index is -0.0361. The Balaban J connectivity index is 2.01. The first-order chi connectivity index (χ1) is 12.6. The van der Waals surface area contributed by atoms with E-state index in [1.165, 1.54) is 0 Å². The minimum absolute atomic E-state index is 0.0361. The van der Waals surface area contributed by atoms with Crippen molar-refractivity contribution in [2.75, 3.05) is 19.0 Å². The van der Waals surface area contributed by atoms with E-state index in [4.69, 9.17) is 9.72 Å². The summed E-state index contributed by atoms with van der Waals surface area (Å²) in [5.74, 6) is 1.70. The summed E-state index contributed by atoms with van der Waals surface area (Å²) >= 11 is 0. The molecule has 1 aromatic carbocycles.